The number of carbonyl (C=O) groups is 1. The van der Waals surface area contributed by atoms with Crippen molar-refractivity contribution in [1.82, 2.24) is 15.6 Å². The molecule has 1 fully saturated rings. The highest BCUT2D eigenvalue weighted by molar-refractivity contribution is 8.00. The summed E-state index contributed by atoms with van der Waals surface area (Å²) in [5.74, 6) is 2.09. The van der Waals surface area contributed by atoms with Crippen LogP contribution in [0.15, 0.2) is 18.3 Å². The van der Waals surface area contributed by atoms with Crippen LogP contribution in [0.4, 0.5) is 10.6 Å². The summed E-state index contributed by atoms with van der Waals surface area (Å²) in [4.78, 5) is 18.1. The molecule has 0 radical (unpaired) electrons. The Morgan fingerprint density at radius 1 is 1.48 bits per heavy atom. The Kier molecular flexibility index (Phi) is 5.33. The first-order valence-corrected chi connectivity index (χ1v) is 8.25. The molecule has 2 heterocycles. The minimum atomic E-state index is -0.105. The van der Waals surface area contributed by atoms with E-state index >= 15 is 0 Å². The lowest BCUT2D eigenvalue weighted by molar-refractivity contribution is 0.239. The standard InChI is InChI=1S/C15H24N4OS/c1-15(6-4-8-21-15)11-18-14(20)17-10-12-5-7-16-13(9-12)19(2)3/h5,7,9H,4,6,8,10-11H2,1-3H3,(H2,17,18,20)/t15-/m1/s1. The number of pyridine rings is 1. The molecule has 5 nitrogen and oxygen atoms in total. The fourth-order valence-electron chi connectivity index (χ4n) is 2.30. The van der Waals surface area contributed by atoms with Gasteiger partial charge in [0.1, 0.15) is 5.82 Å². The quantitative estimate of drug-likeness (QED) is 0.876. The van der Waals surface area contributed by atoms with E-state index in [4.69, 9.17) is 0 Å². The van der Waals surface area contributed by atoms with E-state index in [0.29, 0.717) is 6.54 Å². The lowest BCUT2D eigenvalue weighted by Gasteiger charge is -2.23. The van der Waals surface area contributed by atoms with Gasteiger partial charge in [-0.1, -0.05) is 0 Å². The number of hydrogen-bond donors (Lipinski definition) is 2. The molecule has 0 bridgehead atoms. The molecule has 21 heavy (non-hydrogen) atoms. The van der Waals surface area contributed by atoms with Gasteiger partial charge >= 0.3 is 6.03 Å². The lowest BCUT2D eigenvalue weighted by Crippen LogP contribution is -2.42. The third-order valence-electron chi connectivity index (χ3n) is 3.64. The van der Waals surface area contributed by atoms with E-state index in [1.807, 2.05) is 42.9 Å². The van der Waals surface area contributed by atoms with Crippen LogP contribution >= 0.6 is 11.8 Å². The third kappa shape index (κ3) is 4.81. The van der Waals surface area contributed by atoms with Crippen LogP contribution in [0.5, 0.6) is 0 Å². The van der Waals surface area contributed by atoms with Crippen molar-refractivity contribution in [2.45, 2.75) is 31.1 Å². The number of carbonyl (C=O) groups excluding carboxylic acids is 1. The Morgan fingerprint density at radius 3 is 2.95 bits per heavy atom. The predicted octanol–water partition coefficient (Wildman–Crippen LogP) is 2.23. The zero-order valence-electron chi connectivity index (χ0n) is 13.0. The van der Waals surface area contributed by atoms with Gasteiger partial charge in [-0.15, -0.1) is 0 Å². The van der Waals surface area contributed by atoms with Gasteiger partial charge in [0.05, 0.1) is 0 Å². The van der Waals surface area contributed by atoms with Gasteiger partial charge in [0.25, 0.3) is 0 Å². The minimum absolute atomic E-state index is 0.105. The number of thioether (sulfide) groups is 1. The molecule has 2 N–H and O–H groups in total. The number of nitrogens with one attached hydrogen (secondary N) is 2. The number of amides is 2. The highest BCUT2D eigenvalue weighted by atomic mass is 32.2. The smallest absolute Gasteiger partial charge is 0.315 e. The van der Waals surface area contributed by atoms with Gasteiger partial charge in [-0.2, -0.15) is 11.8 Å². The van der Waals surface area contributed by atoms with Crippen LogP contribution in [0.3, 0.4) is 0 Å². The normalized spacial score (nSPS) is 21.1. The van der Waals surface area contributed by atoms with Crippen LogP contribution < -0.4 is 15.5 Å². The van der Waals surface area contributed by atoms with Crippen molar-refractivity contribution < 1.29 is 4.79 Å². The Balaban J connectivity index is 1.77. The van der Waals surface area contributed by atoms with Gasteiger partial charge in [-0.25, -0.2) is 9.78 Å². The van der Waals surface area contributed by atoms with Crippen molar-refractivity contribution in [2.24, 2.45) is 0 Å². The summed E-state index contributed by atoms with van der Waals surface area (Å²) >= 11 is 1.95. The van der Waals surface area contributed by atoms with Crippen LogP contribution in [0, 0.1) is 0 Å². The maximum Gasteiger partial charge on any atom is 0.315 e. The van der Waals surface area contributed by atoms with Gasteiger partial charge in [-0.05, 0) is 43.2 Å². The van der Waals surface area contributed by atoms with Gasteiger partial charge in [0, 0.05) is 38.1 Å². The summed E-state index contributed by atoms with van der Waals surface area (Å²) in [5, 5.41) is 5.88. The molecule has 0 aromatic carbocycles. The summed E-state index contributed by atoms with van der Waals surface area (Å²) in [6.07, 6.45) is 4.18. The van der Waals surface area contributed by atoms with Crippen LogP contribution in [0.2, 0.25) is 0 Å². The number of nitrogens with zero attached hydrogens (tertiary/aromatic N) is 2. The molecule has 1 aromatic rings. The van der Waals surface area contributed by atoms with Gasteiger partial charge < -0.3 is 15.5 Å². The van der Waals surface area contributed by atoms with Crippen molar-refractivity contribution >= 4 is 23.6 Å². The van der Waals surface area contributed by atoms with Crippen LogP contribution in [-0.2, 0) is 6.54 Å². The number of anilines is 1. The molecule has 1 aliphatic heterocycles. The van der Waals surface area contributed by atoms with Crippen LogP contribution in [0.25, 0.3) is 0 Å². The van der Waals surface area contributed by atoms with Gasteiger partial charge in [0.2, 0.25) is 0 Å². The molecular formula is C15H24N4OS. The Labute approximate surface area is 130 Å². The lowest BCUT2D eigenvalue weighted by atomic mass is 10.1. The van der Waals surface area contributed by atoms with Gasteiger partial charge in [0.15, 0.2) is 0 Å². The maximum absolute atomic E-state index is 11.9. The summed E-state index contributed by atoms with van der Waals surface area (Å²) < 4.78 is 0.200. The van der Waals surface area contributed by atoms with Crippen molar-refractivity contribution in [2.75, 3.05) is 31.3 Å². The SMILES string of the molecule is CN(C)c1cc(CNC(=O)NC[C@@]2(C)CCCS2)ccn1. The average molecular weight is 308 g/mol. The average Bonchev–Trinajstić information content (AvgIpc) is 2.90. The fraction of sp³-hybridized carbons (Fsp3) is 0.600. The first-order chi connectivity index (χ1) is 9.98. The van der Waals surface area contributed by atoms with Crippen molar-refractivity contribution in [3.05, 3.63) is 23.9 Å². The molecule has 1 atom stereocenters. The van der Waals surface area contributed by atoms with E-state index in [0.717, 1.165) is 17.9 Å². The summed E-state index contributed by atoms with van der Waals surface area (Å²) in [5.41, 5.74) is 1.05. The molecule has 0 unspecified atom stereocenters. The molecule has 116 valence electrons. The topological polar surface area (TPSA) is 57.3 Å². The zero-order valence-corrected chi connectivity index (χ0v) is 13.8. The molecule has 2 amide bonds. The second-order valence-electron chi connectivity index (χ2n) is 5.85. The summed E-state index contributed by atoms with van der Waals surface area (Å²) in [6, 6.07) is 3.79. The highest BCUT2D eigenvalue weighted by Crippen LogP contribution is 2.36. The highest BCUT2D eigenvalue weighted by Gasteiger charge is 2.29. The van der Waals surface area contributed by atoms with Crippen LogP contribution in [0.1, 0.15) is 25.3 Å². The molecule has 6 heteroatoms. The third-order valence-corrected chi connectivity index (χ3v) is 5.18. The first kappa shape index (κ1) is 15.9. The second kappa shape index (κ2) is 7.02. The van der Waals surface area contributed by atoms with E-state index in [1.165, 1.54) is 18.6 Å². The van der Waals surface area contributed by atoms with E-state index in [2.05, 4.69) is 22.5 Å². The molecule has 0 saturated carbocycles. The second-order valence-corrected chi connectivity index (χ2v) is 7.54. The maximum atomic E-state index is 11.9. The Hall–Kier alpha value is -1.43. The zero-order chi connectivity index (χ0) is 15.3. The predicted molar refractivity (Wildman–Crippen MR) is 88.9 cm³/mol. The molecule has 1 aromatic heterocycles. The van der Waals surface area contributed by atoms with E-state index in [1.54, 1.807) is 6.20 Å². The molecule has 2 rings (SSSR count). The number of hydrogen-bond acceptors (Lipinski definition) is 4. The number of urea groups is 1. The monoisotopic (exact) mass is 308 g/mol. The molecule has 0 aliphatic carbocycles. The fourth-order valence-corrected chi connectivity index (χ4v) is 3.55. The number of rotatable bonds is 5. The van der Waals surface area contributed by atoms with Crippen molar-refractivity contribution in [1.29, 1.82) is 0 Å². The van der Waals surface area contributed by atoms with E-state index in [9.17, 15) is 4.79 Å². The molecule has 0 spiro atoms. The summed E-state index contributed by atoms with van der Waals surface area (Å²) in [7, 11) is 3.90. The number of aromatic nitrogens is 1. The molecule has 1 aliphatic rings. The first-order valence-electron chi connectivity index (χ1n) is 7.26. The van der Waals surface area contributed by atoms with Crippen molar-refractivity contribution in [3.63, 3.8) is 0 Å². The largest absolute Gasteiger partial charge is 0.363 e. The Morgan fingerprint density at radius 2 is 2.29 bits per heavy atom. The van der Waals surface area contributed by atoms with Gasteiger partial charge in [-0.3, -0.25) is 0 Å². The van der Waals surface area contributed by atoms with Crippen molar-refractivity contribution in [3.8, 4) is 0 Å². The Bertz CT molecular complexity index is 486. The van der Waals surface area contributed by atoms with E-state index < -0.39 is 0 Å². The summed E-state index contributed by atoms with van der Waals surface area (Å²) in [6.45, 7) is 3.46. The van der Waals surface area contributed by atoms with E-state index in [-0.39, 0.29) is 10.8 Å². The molecular weight excluding hydrogens is 284 g/mol. The minimum Gasteiger partial charge on any atom is -0.363 e. The molecule has 1 saturated heterocycles. The van der Waals surface area contributed by atoms with Crippen LogP contribution in [-0.4, -0.2) is 42.2 Å².